The molecule has 0 aliphatic carbocycles. The van der Waals surface area contributed by atoms with Gasteiger partial charge in [-0.1, -0.05) is 0 Å². The molecule has 1 amide bonds. The molecule has 15 heavy (non-hydrogen) atoms. The topological polar surface area (TPSA) is 81.7 Å². The predicted molar refractivity (Wildman–Crippen MR) is 54.6 cm³/mol. The summed E-state index contributed by atoms with van der Waals surface area (Å²) in [6.45, 7) is 4.50. The van der Waals surface area contributed by atoms with Crippen LogP contribution in [0.15, 0.2) is 0 Å². The summed E-state index contributed by atoms with van der Waals surface area (Å²) < 4.78 is 0. The summed E-state index contributed by atoms with van der Waals surface area (Å²) >= 11 is 0. The third kappa shape index (κ3) is 3.85. The van der Waals surface area contributed by atoms with Gasteiger partial charge in [0.25, 0.3) is 0 Å². The first-order valence-corrected chi connectivity index (χ1v) is 5.03. The van der Waals surface area contributed by atoms with Crippen LogP contribution in [-0.4, -0.2) is 60.6 Å². The molecule has 0 aromatic heterocycles. The molecular weight excluding hydrogens is 198 g/mol. The first-order valence-electron chi connectivity index (χ1n) is 5.03. The Morgan fingerprint density at radius 2 is 2.33 bits per heavy atom. The van der Waals surface area contributed by atoms with Crippen LogP contribution in [0.25, 0.3) is 0 Å². The van der Waals surface area contributed by atoms with E-state index < -0.39 is 12.0 Å². The number of carboxylic acid groups (broad SMARTS) is 1. The second-order valence-corrected chi connectivity index (χ2v) is 3.58. The molecule has 1 aliphatic heterocycles. The molecule has 1 unspecified atom stereocenters. The summed E-state index contributed by atoms with van der Waals surface area (Å²) in [6.07, 6.45) is 0. The van der Waals surface area contributed by atoms with Crippen molar-refractivity contribution < 1.29 is 14.7 Å². The van der Waals surface area contributed by atoms with E-state index in [-0.39, 0.29) is 5.91 Å². The fourth-order valence-corrected chi connectivity index (χ4v) is 1.63. The van der Waals surface area contributed by atoms with Gasteiger partial charge in [0.15, 0.2) is 0 Å². The molecular formula is C9H17N3O3. The number of piperazine rings is 1. The zero-order chi connectivity index (χ0) is 11.3. The van der Waals surface area contributed by atoms with Gasteiger partial charge in [0, 0.05) is 39.6 Å². The van der Waals surface area contributed by atoms with Crippen LogP contribution in [0.1, 0.15) is 6.92 Å². The number of aliphatic carboxylic acids is 1. The number of hydrogen-bond acceptors (Lipinski definition) is 4. The molecule has 86 valence electrons. The smallest absolute Gasteiger partial charge is 0.322 e. The zero-order valence-electron chi connectivity index (χ0n) is 8.82. The van der Waals surface area contributed by atoms with E-state index in [0.29, 0.717) is 26.2 Å². The summed E-state index contributed by atoms with van der Waals surface area (Å²) in [5.41, 5.74) is 0. The van der Waals surface area contributed by atoms with Gasteiger partial charge in [-0.3, -0.25) is 14.5 Å². The molecule has 6 nitrogen and oxygen atoms in total. The van der Waals surface area contributed by atoms with Crippen molar-refractivity contribution in [2.45, 2.75) is 13.0 Å². The van der Waals surface area contributed by atoms with E-state index in [4.69, 9.17) is 5.11 Å². The number of rotatable bonds is 4. The van der Waals surface area contributed by atoms with Gasteiger partial charge in [-0.15, -0.1) is 0 Å². The van der Waals surface area contributed by atoms with Crippen LogP contribution in [0.2, 0.25) is 0 Å². The van der Waals surface area contributed by atoms with Crippen molar-refractivity contribution in [3.63, 3.8) is 0 Å². The van der Waals surface area contributed by atoms with Crippen molar-refractivity contribution in [3.8, 4) is 0 Å². The van der Waals surface area contributed by atoms with E-state index >= 15 is 0 Å². The number of carbonyl (C=O) groups excluding carboxylic acids is 1. The van der Waals surface area contributed by atoms with Gasteiger partial charge in [-0.05, 0) is 0 Å². The highest BCUT2D eigenvalue weighted by Crippen LogP contribution is 2.02. The molecule has 0 spiro atoms. The number of hydrogen-bond donors (Lipinski definition) is 3. The zero-order valence-corrected chi connectivity index (χ0v) is 8.82. The quantitative estimate of drug-likeness (QED) is 0.530. The highest BCUT2D eigenvalue weighted by atomic mass is 16.4. The number of carboxylic acids is 1. The van der Waals surface area contributed by atoms with Crippen molar-refractivity contribution in [1.29, 1.82) is 0 Å². The first-order chi connectivity index (χ1) is 7.11. The maximum absolute atomic E-state index is 10.9. The third-order valence-electron chi connectivity index (χ3n) is 2.41. The molecule has 0 aromatic rings. The van der Waals surface area contributed by atoms with Gasteiger partial charge in [0.2, 0.25) is 5.91 Å². The van der Waals surface area contributed by atoms with Gasteiger partial charge in [-0.25, -0.2) is 0 Å². The van der Waals surface area contributed by atoms with Crippen LogP contribution in [0.5, 0.6) is 0 Å². The van der Waals surface area contributed by atoms with E-state index in [2.05, 4.69) is 10.6 Å². The fraction of sp³-hybridized carbons (Fsp3) is 0.778. The van der Waals surface area contributed by atoms with Crippen molar-refractivity contribution in [2.75, 3.05) is 32.7 Å². The number of amides is 1. The lowest BCUT2D eigenvalue weighted by molar-refractivity contribution is -0.143. The summed E-state index contributed by atoms with van der Waals surface area (Å²) in [5.74, 6) is -0.901. The standard InChI is InChI=1S/C9H17N3O3/c1-7(13)11-3-5-12-4-2-10-6-8(12)9(14)15/h8,10H,2-6H2,1H3,(H,11,13)(H,14,15). The molecule has 1 saturated heterocycles. The van der Waals surface area contributed by atoms with Gasteiger partial charge >= 0.3 is 5.97 Å². The minimum absolute atomic E-state index is 0.0861. The highest BCUT2D eigenvalue weighted by molar-refractivity contribution is 5.74. The maximum Gasteiger partial charge on any atom is 0.322 e. The molecule has 0 radical (unpaired) electrons. The third-order valence-corrected chi connectivity index (χ3v) is 2.41. The molecule has 1 atom stereocenters. The molecule has 1 heterocycles. The number of nitrogens with one attached hydrogen (secondary N) is 2. The van der Waals surface area contributed by atoms with Crippen LogP contribution in [0.3, 0.4) is 0 Å². The largest absolute Gasteiger partial charge is 0.480 e. The minimum Gasteiger partial charge on any atom is -0.480 e. The fourth-order valence-electron chi connectivity index (χ4n) is 1.63. The molecule has 6 heteroatoms. The van der Waals surface area contributed by atoms with Crippen molar-refractivity contribution in [1.82, 2.24) is 15.5 Å². The molecule has 0 bridgehead atoms. The lowest BCUT2D eigenvalue weighted by atomic mass is 10.2. The van der Waals surface area contributed by atoms with E-state index in [1.165, 1.54) is 6.92 Å². The first kappa shape index (κ1) is 11.9. The molecule has 1 aliphatic rings. The Kier molecular flexibility index (Phi) is 4.51. The SMILES string of the molecule is CC(=O)NCCN1CCNCC1C(=O)O. The molecule has 3 N–H and O–H groups in total. The normalized spacial score (nSPS) is 22.3. The Hall–Kier alpha value is -1.14. The Labute approximate surface area is 88.6 Å². The lowest BCUT2D eigenvalue weighted by Crippen LogP contribution is -2.56. The van der Waals surface area contributed by atoms with Crippen LogP contribution in [-0.2, 0) is 9.59 Å². The van der Waals surface area contributed by atoms with Crippen LogP contribution < -0.4 is 10.6 Å². The second-order valence-electron chi connectivity index (χ2n) is 3.58. The molecule has 0 saturated carbocycles. The van der Waals surface area contributed by atoms with E-state index in [0.717, 1.165) is 6.54 Å². The predicted octanol–water partition coefficient (Wildman–Crippen LogP) is -1.52. The average molecular weight is 215 g/mol. The van der Waals surface area contributed by atoms with Gasteiger partial charge in [0.1, 0.15) is 6.04 Å². The second kappa shape index (κ2) is 5.67. The summed E-state index contributed by atoms with van der Waals surface area (Å²) in [7, 11) is 0. The van der Waals surface area contributed by atoms with Crippen LogP contribution in [0, 0.1) is 0 Å². The van der Waals surface area contributed by atoms with Crippen molar-refractivity contribution >= 4 is 11.9 Å². The summed E-state index contributed by atoms with van der Waals surface area (Å²) in [6, 6.07) is -0.479. The minimum atomic E-state index is -0.815. The number of nitrogens with zero attached hydrogens (tertiary/aromatic N) is 1. The monoisotopic (exact) mass is 215 g/mol. The van der Waals surface area contributed by atoms with Crippen LogP contribution in [0.4, 0.5) is 0 Å². The summed E-state index contributed by atoms with van der Waals surface area (Å²) in [4.78, 5) is 23.4. The molecule has 0 aromatic carbocycles. The van der Waals surface area contributed by atoms with E-state index in [9.17, 15) is 9.59 Å². The van der Waals surface area contributed by atoms with Crippen LogP contribution >= 0.6 is 0 Å². The summed E-state index contributed by atoms with van der Waals surface area (Å²) in [5, 5.41) is 14.6. The van der Waals surface area contributed by atoms with Gasteiger partial charge in [0.05, 0.1) is 0 Å². The maximum atomic E-state index is 10.9. The Morgan fingerprint density at radius 3 is 2.93 bits per heavy atom. The Bertz CT molecular complexity index is 245. The van der Waals surface area contributed by atoms with Gasteiger partial charge in [-0.2, -0.15) is 0 Å². The highest BCUT2D eigenvalue weighted by Gasteiger charge is 2.27. The lowest BCUT2D eigenvalue weighted by Gasteiger charge is -2.33. The molecule has 1 fully saturated rings. The van der Waals surface area contributed by atoms with Gasteiger partial charge < -0.3 is 15.7 Å². The van der Waals surface area contributed by atoms with E-state index in [1.807, 2.05) is 4.90 Å². The van der Waals surface area contributed by atoms with Crippen molar-refractivity contribution in [2.24, 2.45) is 0 Å². The molecule has 1 rings (SSSR count). The number of carbonyl (C=O) groups is 2. The van der Waals surface area contributed by atoms with E-state index in [1.54, 1.807) is 0 Å². The van der Waals surface area contributed by atoms with Crippen molar-refractivity contribution in [3.05, 3.63) is 0 Å². The Balaban J connectivity index is 2.36. The Morgan fingerprint density at radius 1 is 1.60 bits per heavy atom. The average Bonchev–Trinajstić information content (AvgIpc) is 2.17.